The van der Waals surface area contributed by atoms with Gasteiger partial charge in [0, 0.05) is 13.1 Å². The number of nitrogens with zero attached hydrogens (tertiary/aromatic N) is 1. The molecule has 1 aromatic carbocycles. The average molecular weight is 372 g/mol. The molecule has 1 aliphatic rings. The molecule has 0 aromatic heterocycles. The third-order valence-corrected chi connectivity index (χ3v) is 4.81. The smallest absolute Gasteiger partial charge is 0.410 e. The molecule has 0 spiro atoms. The van der Waals surface area contributed by atoms with Crippen LogP contribution in [-0.4, -0.2) is 40.8 Å². The second kappa shape index (κ2) is 7.20. The molecule has 5 nitrogen and oxygen atoms in total. The number of benzene rings is 1. The van der Waals surface area contributed by atoms with E-state index in [4.69, 9.17) is 16.3 Å². The van der Waals surface area contributed by atoms with Gasteiger partial charge >= 0.3 is 12.1 Å². The number of amides is 1. The van der Waals surface area contributed by atoms with Gasteiger partial charge in [-0.2, -0.15) is 0 Å². The second-order valence-corrected chi connectivity index (χ2v) is 7.82. The van der Waals surface area contributed by atoms with Crippen LogP contribution < -0.4 is 0 Å². The molecule has 1 N–H and O–H groups in total. The Labute approximate surface area is 151 Å². The fourth-order valence-electron chi connectivity index (χ4n) is 2.96. The predicted octanol–water partition coefficient (Wildman–Crippen LogP) is 4.12. The van der Waals surface area contributed by atoms with Crippen LogP contribution in [0.15, 0.2) is 18.2 Å². The van der Waals surface area contributed by atoms with Gasteiger partial charge in [0.2, 0.25) is 0 Å². The van der Waals surface area contributed by atoms with E-state index in [1.54, 1.807) is 26.8 Å². The summed E-state index contributed by atoms with van der Waals surface area (Å²) < 4.78 is 19.0. The quantitative estimate of drug-likeness (QED) is 0.867. The monoisotopic (exact) mass is 371 g/mol. The maximum absolute atomic E-state index is 13.6. The number of aliphatic carboxylic acids is 1. The fourth-order valence-corrected chi connectivity index (χ4v) is 3.15. The van der Waals surface area contributed by atoms with Crippen molar-refractivity contribution < 1.29 is 23.8 Å². The Morgan fingerprint density at radius 2 is 1.92 bits per heavy atom. The molecule has 0 atom stereocenters. The van der Waals surface area contributed by atoms with Gasteiger partial charge in [-0.1, -0.05) is 23.7 Å². The predicted molar refractivity (Wildman–Crippen MR) is 92.2 cm³/mol. The molecule has 1 aliphatic heterocycles. The lowest BCUT2D eigenvalue weighted by atomic mass is 9.74. The van der Waals surface area contributed by atoms with Crippen LogP contribution in [0, 0.1) is 11.2 Å². The summed E-state index contributed by atoms with van der Waals surface area (Å²) in [5, 5.41) is 9.71. The van der Waals surface area contributed by atoms with E-state index < -0.39 is 28.9 Å². The third kappa shape index (κ3) is 4.63. The zero-order chi connectivity index (χ0) is 18.8. The first-order valence-electron chi connectivity index (χ1n) is 8.18. The number of carbonyl (C=O) groups excluding carboxylic acids is 1. The van der Waals surface area contributed by atoms with Gasteiger partial charge in [-0.3, -0.25) is 4.79 Å². The fraction of sp³-hybridized carbons (Fsp3) is 0.556. The average Bonchev–Trinajstić information content (AvgIpc) is 2.50. The standard InChI is InChI=1S/C18H23ClFNO4/c1-17(2,3)25-16(24)21-9-7-18(8-10-21,15(22)23)11-12-5-4-6-13(20)14(12)19/h4-6H,7-11H2,1-3H3,(H,22,23). The Bertz CT molecular complexity index is 664. The zero-order valence-electron chi connectivity index (χ0n) is 14.6. The first kappa shape index (κ1) is 19.5. The normalized spacial score (nSPS) is 17.2. The lowest BCUT2D eigenvalue weighted by molar-refractivity contribution is -0.152. The molecule has 0 aliphatic carbocycles. The van der Waals surface area contributed by atoms with Crippen molar-refractivity contribution in [2.45, 2.75) is 45.6 Å². The van der Waals surface area contributed by atoms with Gasteiger partial charge in [0.05, 0.1) is 10.4 Å². The van der Waals surface area contributed by atoms with Crippen molar-refractivity contribution in [3.63, 3.8) is 0 Å². The Hall–Kier alpha value is -1.82. The van der Waals surface area contributed by atoms with Crippen LogP contribution in [0.25, 0.3) is 0 Å². The van der Waals surface area contributed by atoms with Crippen LogP contribution in [0.2, 0.25) is 5.02 Å². The first-order chi connectivity index (χ1) is 11.5. The van der Waals surface area contributed by atoms with E-state index in [0.29, 0.717) is 5.56 Å². The maximum atomic E-state index is 13.6. The largest absolute Gasteiger partial charge is 0.481 e. The van der Waals surface area contributed by atoms with E-state index in [1.807, 2.05) is 0 Å². The van der Waals surface area contributed by atoms with Crippen LogP contribution in [0.5, 0.6) is 0 Å². The molecule has 1 heterocycles. The van der Waals surface area contributed by atoms with Gasteiger partial charge in [-0.15, -0.1) is 0 Å². The van der Waals surface area contributed by atoms with E-state index >= 15 is 0 Å². The number of rotatable bonds is 3. The van der Waals surface area contributed by atoms with E-state index in [1.165, 1.54) is 17.0 Å². The number of piperidine rings is 1. The highest BCUT2D eigenvalue weighted by Gasteiger charge is 2.43. The van der Waals surface area contributed by atoms with Crippen LogP contribution in [0.4, 0.5) is 9.18 Å². The molecular weight excluding hydrogens is 349 g/mol. The summed E-state index contributed by atoms with van der Waals surface area (Å²) in [6.07, 6.45) is 0.194. The van der Waals surface area contributed by atoms with Crippen molar-refractivity contribution in [2.75, 3.05) is 13.1 Å². The molecule has 1 saturated heterocycles. The Kier molecular flexibility index (Phi) is 5.62. The van der Waals surface area contributed by atoms with Crippen LogP contribution >= 0.6 is 11.6 Å². The van der Waals surface area contributed by atoms with E-state index in [-0.39, 0.29) is 37.4 Å². The minimum absolute atomic E-state index is 0.0438. The summed E-state index contributed by atoms with van der Waals surface area (Å²) in [4.78, 5) is 25.6. The van der Waals surface area contributed by atoms with Crippen molar-refractivity contribution in [1.82, 2.24) is 4.90 Å². The molecule has 138 valence electrons. The lowest BCUT2D eigenvalue weighted by Gasteiger charge is -2.39. The summed E-state index contributed by atoms with van der Waals surface area (Å²) in [5.41, 5.74) is -1.21. The Morgan fingerprint density at radius 3 is 2.44 bits per heavy atom. The Balaban J connectivity index is 2.12. The minimum atomic E-state index is -1.07. The van der Waals surface area contributed by atoms with Crippen molar-refractivity contribution in [1.29, 1.82) is 0 Å². The van der Waals surface area contributed by atoms with Crippen molar-refractivity contribution in [3.8, 4) is 0 Å². The SMILES string of the molecule is CC(C)(C)OC(=O)N1CCC(Cc2cccc(F)c2Cl)(C(=O)O)CC1. The highest BCUT2D eigenvalue weighted by atomic mass is 35.5. The topological polar surface area (TPSA) is 66.8 Å². The summed E-state index contributed by atoms with van der Waals surface area (Å²) >= 11 is 5.98. The number of ether oxygens (including phenoxy) is 1. The number of carboxylic acids is 1. The number of hydrogen-bond acceptors (Lipinski definition) is 3. The molecule has 0 bridgehead atoms. The van der Waals surface area contributed by atoms with Gasteiger partial charge in [0.25, 0.3) is 0 Å². The molecule has 0 unspecified atom stereocenters. The van der Waals surface area contributed by atoms with Gasteiger partial charge in [-0.05, 0) is 51.7 Å². The second-order valence-electron chi connectivity index (χ2n) is 7.44. The number of likely N-dealkylation sites (tertiary alicyclic amines) is 1. The molecule has 1 fully saturated rings. The molecule has 1 amide bonds. The molecule has 25 heavy (non-hydrogen) atoms. The van der Waals surface area contributed by atoms with Gasteiger partial charge in [0.1, 0.15) is 11.4 Å². The molecular formula is C18H23ClFNO4. The van der Waals surface area contributed by atoms with E-state index in [2.05, 4.69) is 0 Å². The molecule has 1 aromatic rings. The first-order valence-corrected chi connectivity index (χ1v) is 8.56. The van der Waals surface area contributed by atoms with E-state index in [0.717, 1.165) is 0 Å². The summed E-state index contributed by atoms with van der Waals surface area (Å²) in [5.74, 6) is -1.53. The summed E-state index contributed by atoms with van der Waals surface area (Å²) in [6, 6.07) is 4.39. The molecule has 2 rings (SSSR count). The highest BCUT2D eigenvalue weighted by Crippen LogP contribution is 2.38. The maximum Gasteiger partial charge on any atom is 0.410 e. The summed E-state index contributed by atoms with van der Waals surface area (Å²) in [6.45, 7) is 5.88. The number of carbonyl (C=O) groups is 2. The summed E-state index contributed by atoms with van der Waals surface area (Å²) in [7, 11) is 0. The number of carboxylic acid groups (broad SMARTS) is 1. The molecule has 0 saturated carbocycles. The van der Waals surface area contributed by atoms with Gasteiger partial charge in [-0.25, -0.2) is 9.18 Å². The molecule has 7 heteroatoms. The zero-order valence-corrected chi connectivity index (χ0v) is 15.4. The van der Waals surface area contributed by atoms with Crippen molar-refractivity contribution >= 4 is 23.7 Å². The van der Waals surface area contributed by atoms with Crippen molar-refractivity contribution in [2.24, 2.45) is 5.41 Å². The van der Waals surface area contributed by atoms with Crippen LogP contribution in [0.1, 0.15) is 39.2 Å². The number of halogens is 2. The van der Waals surface area contributed by atoms with E-state index in [9.17, 15) is 19.1 Å². The van der Waals surface area contributed by atoms with Gasteiger partial charge < -0.3 is 14.7 Å². The van der Waals surface area contributed by atoms with Crippen molar-refractivity contribution in [3.05, 3.63) is 34.6 Å². The Morgan fingerprint density at radius 1 is 1.32 bits per heavy atom. The van der Waals surface area contributed by atoms with Crippen LogP contribution in [0.3, 0.4) is 0 Å². The molecule has 0 radical (unpaired) electrons. The van der Waals surface area contributed by atoms with Gasteiger partial charge in [0.15, 0.2) is 0 Å². The highest BCUT2D eigenvalue weighted by molar-refractivity contribution is 6.31. The number of hydrogen-bond donors (Lipinski definition) is 1. The minimum Gasteiger partial charge on any atom is -0.481 e. The lowest BCUT2D eigenvalue weighted by Crippen LogP contribution is -2.48. The third-order valence-electron chi connectivity index (χ3n) is 4.39. The van der Waals surface area contributed by atoms with Crippen LogP contribution in [-0.2, 0) is 16.0 Å².